The molecule has 0 spiro atoms. The second kappa shape index (κ2) is 4.29. The number of anilines is 1. The van der Waals surface area contributed by atoms with Crippen molar-refractivity contribution in [1.29, 1.82) is 0 Å². The van der Waals surface area contributed by atoms with E-state index in [9.17, 15) is 9.18 Å². The predicted octanol–water partition coefficient (Wildman–Crippen LogP) is 1.10. The number of rotatable bonds is 5. The van der Waals surface area contributed by atoms with Gasteiger partial charge in [-0.3, -0.25) is 0 Å². The average molecular weight is 240 g/mol. The summed E-state index contributed by atoms with van der Waals surface area (Å²) in [7, 11) is 0. The zero-order chi connectivity index (χ0) is 12.5. The molecule has 1 aromatic rings. The molecule has 0 bridgehead atoms. The molecule has 1 fully saturated rings. The maximum absolute atomic E-state index is 13.7. The molecule has 2 rings (SSSR count). The molecular weight excluding hydrogens is 227 g/mol. The van der Waals surface area contributed by atoms with E-state index in [0.29, 0.717) is 6.54 Å². The number of hydrogen-bond acceptors (Lipinski definition) is 4. The molecule has 17 heavy (non-hydrogen) atoms. The van der Waals surface area contributed by atoms with E-state index in [1.807, 2.05) is 0 Å². The van der Waals surface area contributed by atoms with Crippen molar-refractivity contribution in [3.8, 4) is 0 Å². The van der Waals surface area contributed by atoms with E-state index in [1.54, 1.807) is 0 Å². The van der Waals surface area contributed by atoms with Crippen LogP contribution in [-0.4, -0.2) is 34.3 Å². The summed E-state index contributed by atoms with van der Waals surface area (Å²) in [6, 6.07) is 1.11. The molecule has 1 saturated carbocycles. The van der Waals surface area contributed by atoms with Crippen LogP contribution >= 0.6 is 0 Å². The van der Waals surface area contributed by atoms with Crippen LogP contribution in [0, 0.1) is 11.2 Å². The minimum absolute atomic E-state index is 0.0419. The van der Waals surface area contributed by atoms with Crippen molar-refractivity contribution in [3.63, 3.8) is 0 Å². The number of nitrogens with one attached hydrogen (secondary N) is 1. The van der Waals surface area contributed by atoms with Crippen LogP contribution in [0.5, 0.6) is 0 Å². The van der Waals surface area contributed by atoms with Crippen LogP contribution in [0.3, 0.4) is 0 Å². The summed E-state index contributed by atoms with van der Waals surface area (Å²) in [5.74, 6) is -2.27. The number of aliphatic hydroxyl groups excluding tert-OH is 1. The number of carboxylic acid groups (broad SMARTS) is 1. The van der Waals surface area contributed by atoms with E-state index in [0.717, 1.165) is 18.9 Å². The SMILES string of the molecule is O=C(O)c1ccnc(NCC2(CO)CC2)c1F. The van der Waals surface area contributed by atoms with E-state index in [4.69, 9.17) is 10.2 Å². The number of hydrogen-bond donors (Lipinski definition) is 3. The summed E-state index contributed by atoms with van der Waals surface area (Å²) < 4.78 is 13.7. The summed E-state index contributed by atoms with van der Waals surface area (Å²) in [6.07, 6.45) is 3.01. The van der Waals surface area contributed by atoms with Crippen molar-refractivity contribution in [2.45, 2.75) is 12.8 Å². The normalized spacial score (nSPS) is 16.6. The Kier molecular flexibility index (Phi) is 2.97. The van der Waals surface area contributed by atoms with E-state index in [2.05, 4.69) is 10.3 Å². The Labute approximate surface area is 97.3 Å². The van der Waals surface area contributed by atoms with Gasteiger partial charge in [0.05, 0.1) is 6.61 Å². The van der Waals surface area contributed by atoms with E-state index < -0.39 is 17.3 Å². The van der Waals surface area contributed by atoms with Gasteiger partial charge in [-0.15, -0.1) is 0 Å². The van der Waals surface area contributed by atoms with Gasteiger partial charge >= 0.3 is 5.97 Å². The van der Waals surface area contributed by atoms with Gasteiger partial charge in [-0.1, -0.05) is 0 Å². The molecule has 6 heteroatoms. The van der Waals surface area contributed by atoms with Crippen LogP contribution in [0.1, 0.15) is 23.2 Å². The van der Waals surface area contributed by atoms with Gasteiger partial charge in [0.15, 0.2) is 11.6 Å². The Morgan fingerprint density at radius 1 is 1.59 bits per heavy atom. The smallest absolute Gasteiger partial charge is 0.338 e. The lowest BCUT2D eigenvalue weighted by Gasteiger charge is -2.13. The van der Waals surface area contributed by atoms with Crippen molar-refractivity contribution >= 4 is 11.8 Å². The molecule has 0 atom stereocenters. The number of carboxylic acids is 1. The van der Waals surface area contributed by atoms with Crippen LogP contribution in [0.25, 0.3) is 0 Å². The summed E-state index contributed by atoms with van der Waals surface area (Å²) in [5.41, 5.74) is -0.593. The third-order valence-corrected chi connectivity index (χ3v) is 3.04. The highest BCUT2D eigenvalue weighted by molar-refractivity contribution is 5.88. The van der Waals surface area contributed by atoms with Crippen LogP contribution in [-0.2, 0) is 0 Å². The van der Waals surface area contributed by atoms with Gasteiger partial charge in [0.2, 0.25) is 0 Å². The number of halogens is 1. The third-order valence-electron chi connectivity index (χ3n) is 3.04. The van der Waals surface area contributed by atoms with Gasteiger partial charge in [0.1, 0.15) is 5.56 Å². The summed E-state index contributed by atoms with van der Waals surface area (Å²) in [6.45, 7) is 0.441. The Balaban J connectivity index is 2.11. The van der Waals surface area contributed by atoms with Gasteiger partial charge in [0.25, 0.3) is 0 Å². The lowest BCUT2D eigenvalue weighted by atomic mass is 10.1. The van der Waals surface area contributed by atoms with Crippen LogP contribution in [0.15, 0.2) is 12.3 Å². The zero-order valence-electron chi connectivity index (χ0n) is 9.11. The topological polar surface area (TPSA) is 82.5 Å². The second-order valence-electron chi connectivity index (χ2n) is 4.34. The fraction of sp³-hybridized carbons (Fsp3) is 0.455. The van der Waals surface area contributed by atoms with E-state index in [1.165, 1.54) is 6.20 Å². The largest absolute Gasteiger partial charge is 0.478 e. The Morgan fingerprint density at radius 3 is 2.82 bits per heavy atom. The summed E-state index contributed by atoms with van der Waals surface area (Å²) >= 11 is 0. The molecule has 1 aliphatic carbocycles. The quantitative estimate of drug-likeness (QED) is 0.718. The Hall–Kier alpha value is -1.69. The zero-order valence-corrected chi connectivity index (χ0v) is 9.11. The maximum atomic E-state index is 13.7. The lowest BCUT2D eigenvalue weighted by Crippen LogP contribution is -2.20. The number of pyridine rings is 1. The number of aromatic carboxylic acids is 1. The standard InChI is InChI=1S/C11H13FN2O3/c12-8-7(10(16)17)1-4-13-9(8)14-5-11(6-15)2-3-11/h1,4,15H,2-3,5-6H2,(H,13,14)(H,16,17). The van der Waals surface area contributed by atoms with Gasteiger partial charge < -0.3 is 15.5 Å². The fourth-order valence-corrected chi connectivity index (χ4v) is 1.57. The molecule has 0 aliphatic heterocycles. The molecule has 0 aromatic carbocycles. The minimum Gasteiger partial charge on any atom is -0.478 e. The first-order chi connectivity index (χ1) is 8.08. The molecule has 0 amide bonds. The molecule has 0 unspecified atom stereocenters. The molecule has 1 heterocycles. The first-order valence-corrected chi connectivity index (χ1v) is 5.30. The predicted molar refractivity (Wildman–Crippen MR) is 58.4 cm³/mol. The maximum Gasteiger partial charge on any atom is 0.338 e. The lowest BCUT2D eigenvalue weighted by molar-refractivity contribution is 0.0692. The molecule has 0 radical (unpaired) electrons. The first kappa shape index (κ1) is 11.8. The van der Waals surface area contributed by atoms with Crippen molar-refractivity contribution < 1.29 is 19.4 Å². The Bertz CT molecular complexity index is 446. The van der Waals surface area contributed by atoms with Crippen LogP contribution in [0.4, 0.5) is 10.2 Å². The molecule has 1 aromatic heterocycles. The molecule has 5 nitrogen and oxygen atoms in total. The van der Waals surface area contributed by atoms with Gasteiger partial charge in [-0.2, -0.15) is 0 Å². The molecule has 0 saturated heterocycles. The molecule has 1 aliphatic rings. The highest BCUT2D eigenvalue weighted by Crippen LogP contribution is 2.44. The highest BCUT2D eigenvalue weighted by Gasteiger charge is 2.41. The first-order valence-electron chi connectivity index (χ1n) is 5.30. The summed E-state index contributed by atoms with van der Waals surface area (Å²) in [4.78, 5) is 14.5. The monoisotopic (exact) mass is 240 g/mol. The molecule has 3 N–H and O–H groups in total. The van der Waals surface area contributed by atoms with E-state index in [-0.39, 0.29) is 17.8 Å². The number of carbonyl (C=O) groups is 1. The molecule has 92 valence electrons. The van der Waals surface area contributed by atoms with Crippen molar-refractivity contribution in [3.05, 3.63) is 23.6 Å². The van der Waals surface area contributed by atoms with Crippen molar-refractivity contribution in [1.82, 2.24) is 4.98 Å². The number of nitrogens with zero attached hydrogens (tertiary/aromatic N) is 1. The van der Waals surface area contributed by atoms with Gasteiger partial charge in [0, 0.05) is 18.2 Å². The second-order valence-corrected chi connectivity index (χ2v) is 4.34. The fourth-order valence-electron chi connectivity index (χ4n) is 1.57. The van der Waals surface area contributed by atoms with E-state index >= 15 is 0 Å². The minimum atomic E-state index is -1.32. The van der Waals surface area contributed by atoms with Crippen molar-refractivity contribution in [2.75, 3.05) is 18.5 Å². The summed E-state index contributed by atoms with van der Waals surface area (Å²) in [5, 5.41) is 20.6. The third kappa shape index (κ3) is 2.36. The van der Waals surface area contributed by atoms with Crippen LogP contribution < -0.4 is 5.32 Å². The van der Waals surface area contributed by atoms with Gasteiger partial charge in [-0.25, -0.2) is 14.2 Å². The highest BCUT2D eigenvalue weighted by atomic mass is 19.1. The van der Waals surface area contributed by atoms with Crippen molar-refractivity contribution in [2.24, 2.45) is 5.41 Å². The molecular formula is C11H13FN2O3. The average Bonchev–Trinajstić information content (AvgIpc) is 3.08. The number of aromatic nitrogens is 1. The number of aliphatic hydroxyl groups is 1. The Morgan fingerprint density at radius 2 is 2.29 bits per heavy atom. The van der Waals surface area contributed by atoms with Crippen LogP contribution in [0.2, 0.25) is 0 Å². The van der Waals surface area contributed by atoms with Gasteiger partial charge in [-0.05, 0) is 18.9 Å².